The van der Waals surface area contributed by atoms with Crippen LogP contribution in [0.4, 0.5) is 0 Å². The Kier molecular flexibility index (Phi) is 5.58. The van der Waals surface area contributed by atoms with Gasteiger partial charge in [-0.25, -0.2) is 0 Å². The molecule has 3 aliphatic rings. The lowest BCUT2D eigenvalue weighted by Gasteiger charge is -2.30. The van der Waals surface area contributed by atoms with E-state index in [4.69, 9.17) is 4.74 Å². The molecule has 0 N–H and O–H groups in total. The number of esters is 1. The second-order valence-electron chi connectivity index (χ2n) is 7.67. The smallest absolute Gasteiger partial charge is 0.311 e. The summed E-state index contributed by atoms with van der Waals surface area (Å²) >= 11 is 0. The topological polar surface area (TPSA) is 29.5 Å². The standard InChI is InChI=1S/C20H31NO2/c1-15-7-6-8-17-18(14-21-11-4-3-5-12-21)20(22)23-19(17)13-16(2)10-9-15/h7,13,17-19H,3-6,8-12,14H2,1-2H3/b15-7-,16-13+/t17-,18+,19-/m0/s1. The largest absolute Gasteiger partial charge is 0.458 e. The van der Waals surface area contributed by atoms with Gasteiger partial charge in [0.1, 0.15) is 6.10 Å². The van der Waals surface area contributed by atoms with Crippen molar-refractivity contribution in [1.82, 2.24) is 4.90 Å². The average molecular weight is 317 g/mol. The van der Waals surface area contributed by atoms with Gasteiger partial charge in [-0.05, 0) is 71.5 Å². The minimum absolute atomic E-state index is 0.00379. The first kappa shape index (κ1) is 16.8. The van der Waals surface area contributed by atoms with Gasteiger partial charge in [0, 0.05) is 12.5 Å². The molecule has 0 aromatic rings. The van der Waals surface area contributed by atoms with E-state index in [1.54, 1.807) is 0 Å². The number of rotatable bonds is 2. The van der Waals surface area contributed by atoms with E-state index in [0.29, 0.717) is 5.92 Å². The lowest BCUT2D eigenvalue weighted by Crippen LogP contribution is -2.38. The molecule has 1 aliphatic carbocycles. The van der Waals surface area contributed by atoms with Crippen molar-refractivity contribution in [2.75, 3.05) is 19.6 Å². The lowest BCUT2D eigenvalue weighted by atomic mass is 9.84. The fraction of sp³-hybridized carbons (Fsp3) is 0.750. The van der Waals surface area contributed by atoms with Crippen molar-refractivity contribution < 1.29 is 9.53 Å². The van der Waals surface area contributed by atoms with Crippen LogP contribution in [0.3, 0.4) is 0 Å². The maximum Gasteiger partial charge on any atom is 0.311 e. The highest BCUT2D eigenvalue weighted by Gasteiger charge is 2.43. The Bertz CT molecular complexity index is 488. The third kappa shape index (κ3) is 4.26. The summed E-state index contributed by atoms with van der Waals surface area (Å²) in [5.41, 5.74) is 2.84. The zero-order valence-electron chi connectivity index (χ0n) is 14.7. The Hall–Kier alpha value is -1.09. The number of fused-ring (bicyclic) bond motifs is 1. The number of ether oxygens (including phenoxy) is 1. The van der Waals surface area contributed by atoms with E-state index in [2.05, 4.69) is 30.9 Å². The molecule has 0 spiro atoms. The molecule has 0 bridgehead atoms. The van der Waals surface area contributed by atoms with Crippen LogP contribution >= 0.6 is 0 Å². The third-order valence-corrected chi connectivity index (χ3v) is 5.75. The normalized spacial score (nSPS) is 38.0. The number of allylic oxidation sites excluding steroid dienone is 3. The summed E-state index contributed by atoms with van der Waals surface area (Å²) in [5, 5.41) is 0. The quantitative estimate of drug-likeness (QED) is 0.567. The highest BCUT2D eigenvalue weighted by Crippen LogP contribution is 2.36. The van der Waals surface area contributed by atoms with E-state index in [1.165, 1.54) is 30.4 Å². The predicted molar refractivity (Wildman–Crippen MR) is 93.1 cm³/mol. The third-order valence-electron chi connectivity index (χ3n) is 5.75. The van der Waals surface area contributed by atoms with Crippen LogP contribution in [0.25, 0.3) is 0 Å². The summed E-state index contributed by atoms with van der Waals surface area (Å²) in [7, 11) is 0. The minimum Gasteiger partial charge on any atom is -0.458 e. The maximum absolute atomic E-state index is 12.5. The average Bonchev–Trinajstić information content (AvgIpc) is 2.82. The molecule has 2 aliphatic heterocycles. The van der Waals surface area contributed by atoms with Gasteiger partial charge in [0.2, 0.25) is 0 Å². The molecular weight excluding hydrogens is 286 g/mol. The molecule has 3 atom stereocenters. The predicted octanol–water partition coefficient (Wildman–Crippen LogP) is 4.10. The molecule has 3 nitrogen and oxygen atoms in total. The minimum atomic E-state index is 0.00379. The molecule has 0 radical (unpaired) electrons. The van der Waals surface area contributed by atoms with Crippen LogP contribution < -0.4 is 0 Å². The van der Waals surface area contributed by atoms with Gasteiger partial charge >= 0.3 is 5.97 Å². The first-order valence-corrected chi connectivity index (χ1v) is 9.39. The Labute approximate surface area is 140 Å². The first-order chi connectivity index (χ1) is 11.1. The Morgan fingerprint density at radius 1 is 1.13 bits per heavy atom. The second kappa shape index (κ2) is 7.65. The first-order valence-electron chi connectivity index (χ1n) is 9.39. The molecule has 0 amide bonds. The number of likely N-dealkylation sites (tertiary alicyclic amines) is 1. The van der Waals surface area contributed by atoms with Crippen LogP contribution in [0.5, 0.6) is 0 Å². The number of nitrogens with zero attached hydrogens (tertiary/aromatic N) is 1. The van der Waals surface area contributed by atoms with Crippen molar-refractivity contribution in [2.24, 2.45) is 11.8 Å². The zero-order valence-corrected chi connectivity index (χ0v) is 14.7. The number of hydrogen-bond acceptors (Lipinski definition) is 3. The fourth-order valence-electron chi connectivity index (χ4n) is 4.25. The van der Waals surface area contributed by atoms with Gasteiger partial charge in [-0.1, -0.05) is 23.6 Å². The van der Waals surface area contributed by atoms with Crippen molar-refractivity contribution in [3.8, 4) is 0 Å². The van der Waals surface area contributed by atoms with Crippen molar-refractivity contribution in [1.29, 1.82) is 0 Å². The molecule has 2 heterocycles. The van der Waals surface area contributed by atoms with Crippen molar-refractivity contribution >= 4 is 5.97 Å². The van der Waals surface area contributed by atoms with E-state index in [0.717, 1.165) is 45.3 Å². The molecule has 0 saturated carbocycles. The van der Waals surface area contributed by atoms with E-state index in [1.807, 2.05) is 0 Å². The zero-order chi connectivity index (χ0) is 16.2. The number of piperidine rings is 1. The van der Waals surface area contributed by atoms with E-state index in [-0.39, 0.29) is 18.0 Å². The molecule has 23 heavy (non-hydrogen) atoms. The van der Waals surface area contributed by atoms with E-state index < -0.39 is 0 Å². The number of hydrogen-bond donors (Lipinski definition) is 0. The molecule has 0 unspecified atom stereocenters. The molecule has 0 aromatic heterocycles. The highest BCUT2D eigenvalue weighted by molar-refractivity contribution is 5.76. The summed E-state index contributed by atoms with van der Waals surface area (Å²) in [4.78, 5) is 15.0. The molecule has 3 heteroatoms. The van der Waals surface area contributed by atoms with E-state index in [9.17, 15) is 4.79 Å². The van der Waals surface area contributed by atoms with Crippen LogP contribution in [0.1, 0.15) is 58.8 Å². The molecule has 128 valence electrons. The van der Waals surface area contributed by atoms with Crippen LogP contribution in [0.2, 0.25) is 0 Å². The van der Waals surface area contributed by atoms with Gasteiger partial charge in [-0.3, -0.25) is 4.79 Å². The Balaban J connectivity index is 1.73. The van der Waals surface area contributed by atoms with Gasteiger partial charge in [0.05, 0.1) is 5.92 Å². The fourth-order valence-corrected chi connectivity index (χ4v) is 4.25. The van der Waals surface area contributed by atoms with Gasteiger partial charge in [-0.2, -0.15) is 0 Å². The van der Waals surface area contributed by atoms with Gasteiger partial charge in [-0.15, -0.1) is 0 Å². The summed E-state index contributed by atoms with van der Waals surface area (Å²) in [6.45, 7) is 7.60. The molecular formula is C20H31NO2. The monoisotopic (exact) mass is 317 g/mol. The van der Waals surface area contributed by atoms with E-state index >= 15 is 0 Å². The summed E-state index contributed by atoms with van der Waals surface area (Å²) < 4.78 is 5.79. The summed E-state index contributed by atoms with van der Waals surface area (Å²) in [6.07, 6.45) is 12.8. The molecule has 0 aromatic carbocycles. The lowest BCUT2D eigenvalue weighted by molar-refractivity contribution is -0.143. The highest BCUT2D eigenvalue weighted by atomic mass is 16.6. The van der Waals surface area contributed by atoms with Crippen LogP contribution in [0, 0.1) is 11.8 Å². The summed E-state index contributed by atoms with van der Waals surface area (Å²) in [5.74, 6) is 0.450. The molecule has 2 fully saturated rings. The maximum atomic E-state index is 12.5. The van der Waals surface area contributed by atoms with Crippen LogP contribution in [-0.2, 0) is 9.53 Å². The van der Waals surface area contributed by atoms with Gasteiger partial charge < -0.3 is 9.64 Å². The van der Waals surface area contributed by atoms with Crippen molar-refractivity contribution in [3.63, 3.8) is 0 Å². The number of carbonyl (C=O) groups excluding carboxylic acids is 1. The van der Waals surface area contributed by atoms with Crippen LogP contribution in [-0.4, -0.2) is 36.6 Å². The van der Waals surface area contributed by atoms with Crippen molar-refractivity contribution in [3.05, 3.63) is 23.3 Å². The Morgan fingerprint density at radius 2 is 1.87 bits per heavy atom. The van der Waals surface area contributed by atoms with Crippen LogP contribution in [0.15, 0.2) is 23.3 Å². The molecule has 2 saturated heterocycles. The molecule has 3 rings (SSSR count). The summed E-state index contributed by atoms with van der Waals surface area (Å²) in [6, 6.07) is 0. The van der Waals surface area contributed by atoms with Crippen molar-refractivity contribution in [2.45, 2.75) is 64.9 Å². The SMILES string of the molecule is C/C1=C/CC[C@@H]2[C@H](/C=C(\C)CC1)OC(=O)[C@@H]2CN1CCCCC1. The Morgan fingerprint density at radius 3 is 2.65 bits per heavy atom. The second-order valence-corrected chi connectivity index (χ2v) is 7.67. The van der Waals surface area contributed by atoms with Gasteiger partial charge in [0.15, 0.2) is 0 Å². The number of carbonyl (C=O) groups is 1. The van der Waals surface area contributed by atoms with Gasteiger partial charge in [0.25, 0.3) is 0 Å².